The summed E-state index contributed by atoms with van der Waals surface area (Å²) in [6.07, 6.45) is 4.97. The highest BCUT2D eigenvalue weighted by atomic mass is 35.5. The molecule has 1 heterocycles. The smallest absolute Gasteiger partial charge is 0.238 e. The second kappa shape index (κ2) is 6.76. The number of amides is 1. The molecule has 1 aromatic rings. The molecule has 0 aromatic heterocycles. The average Bonchev–Trinajstić information content (AvgIpc) is 2.57. The van der Waals surface area contributed by atoms with E-state index in [0.29, 0.717) is 11.6 Å². The Labute approximate surface area is 113 Å². The van der Waals surface area contributed by atoms with Gasteiger partial charge in [0.05, 0.1) is 6.54 Å². The van der Waals surface area contributed by atoms with E-state index in [1.165, 1.54) is 25.7 Å². The van der Waals surface area contributed by atoms with Gasteiger partial charge in [0.1, 0.15) is 0 Å². The van der Waals surface area contributed by atoms with Crippen LogP contribution in [-0.2, 0) is 4.79 Å². The van der Waals surface area contributed by atoms with Crippen molar-refractivity contribution in [3.8, 4) is 0 Å². The maximum atomic E-state index is 11.9. The predicted octanol–water partition coefficient (Wildman–Crippen LogP) is 3.15. The maximum Gasteiger partial charge on any atom is 0.238 e. The monoisotopic (exact) mass is 266 g/mol. The summed E-state index contributed by atoms with van der Waals surface area (Å²) in [5, 5.41) is 3.53. The third-order valence-corrected chi connectivity index (χ3v) is 3.41. The number of anilines is 1. The van der Waals surface area contributed by atoms with Crippen LogP contribution in [0.5, 0.6) is 0 Å². The molecule has 0 aliphatic carbocycles. The SMILES string of the molecule is O=C(CN1CCCCCC1)Nc1cccc(Cl)c1. The van der Waals surface area contributed by atoms with Crippen molar-refractivity contribution in [1.82, 2.24) is 4.90 Å². The van der Waals surface area contributed by atoms with E-state index >= 15 is 0 Å². The summed E-state index contributed by atoms with van der Waals surface area (Å²) < 4.78 is 0. The molecule has 0 spiro atoms. The van der Waals surface area contributed by atoms with Gasteiger partial charge in [-0.2, -0.15) is 0 Å². The summed E-state index contributed by atoms with van der Waals surface area (Å²) in [7, 11) is 0. The predicted molar refractivity (Wildman–Crippen MR) is 75.0 cm³/mol. The lowest BCUT2D eigenvalue weighted by Gasteiger charge is -2.18. The highest BCUT2D eigenvalue weighted by Crippen LogP contribution is 2.15. The number of benzene rings is 1. The van der Waals surface area contributed by atoms with Crippen LogP contribution in [0.2, 0.25) is 5.02 Å². The van der Waals surface area contributed by atoms with Crippen molar-refractivity contribution in [2.24, 2.45) is 0 Å². The fourth-order valence-electron chi connectivity index (χ4n) is 2.26. The Balaban J connectivity index is 1.84. The largest absolute Gasteiger partial charge is 0.325 e. The van der Waals surface area contributed by atoms with E-state index in [4.69, 9.17) is 11.6 Å². The molecule has 1 N–H and O–H groups in total. The standard InChI is InChI=1S/C14H19ClN2O/c15-12-6-5-7-13(10-12)16-14(18)11-17-8-3-1-2-4-9-17/h5-7,10H,1-4,8-9,11H2,(H,16,18). The number of halogens is 1. The molecule has 1 aromatic carbocycles. The van der Waals surface area contributed by atoms with Crippen molar-refractivity contribution in [3.05, 3.63) is 29.3 Å². The first-order valence-electron chi connectivity index (χ1n) is 6.52. The van der Waals surface area contributed by atoms with E-state index in [0.717, 1.165) is 18.8 Å². The van der Waals surface area contributed by atoms with Gasteiger partial charge in [0.25, 0.3) is 0 Å². The molecule has 0 radical (unpaired) electrons. The minimum atomic E-state index is 0.0409. The van der Waals surface area contributed by atoms with Gasteiger partial charge in [-0.05, 0) is 44.1 Å². The van der Waals surface area contributed by atoms with Crippen molar-refractivity contribution >= 4 is 23.2 Å². The minimum Gasteiger partial charge on any atom is -0.325 e. The molecule has 1 amide bonds. The number of hydrogen-bond acceptors (Lipinski definition) is 2. The maximum absolute atomic E-state index is 11.9. The molecule has 0 bridgehead atoms. The Hall–Kier alpha value is -1.06. The number of nitrogens with one attached hydrogen (secondary N) is 1. The van der Waals surface area contributed by atoms with Gasteiger partial charge in [-0.1, -0.05) is 30.5 Å². The Morgan fingerprint density at radius 2 is 1.94 bits per heavy atom. The van der Waals surface area contributed by atoms with Crippen molar-refractivity contribution < 1.29 is 4.79 Å². The minimum absolute atomic E-state index is 0.0409. The van der Waals surface area contributed by atoms with Gasteiger partial charge in [0.2, 0.25) is 5.91 Å². The zero-order chi connectivity index (χ0) is 12.8. The number of hydrogen-bond donors (Lipinski definition) is 1. The highest BCUT2D eigenvalue weighted by Gasteiger charge is 2.12. The summed E-state index contributed by atoms with van der Waals surface area (Å²) in [6, 6.07) is 7.25. The molecule has 0 atom stereocenters. The molecule has 1 aliphatic heterocycles. The molecular formula is C14H19ClN2O. The number of carbonyl (C=O) groups is 1. The van der Waals surface area contributed by atoms with Gasteiger partial charge in [0, 0.05) is 10.7 Å². The molecule has 0 saturated carbocycles. The fourth-order valence-corrected chi connectivity index (χ4v) is 2.45. The Morgan fingerprint density at radius 3 is 2.61 bits per heavy atom. The molecule has 98 valence electrons. The number of likely N-dealkylation sites (tertiary alicyclic amines) is 1. The van der Waals surface area contributed by atoms with Crippen LogP contribution in [0.4, 0.5) is 5.69 Å². The van der Waals surface area contributed by atoms with E-state index in [1.54, 1.807) is 12.1 Å². The van der Waals surface area contributed by atoms with Crippen LogP contribution in [0.3, 0.4) is 0 Å². The first-order valence-corrected chi connectivity index (χ1v) is 6.89. The van der Waals surface area contributed by atoms with E-state index in [9.17, 15) is 4.79 Å². The summed E-state index contributed by atoms with van der Waals surface area (Å²) in [4.78, 5) is 14.1. The van der Waals surface area contributed by atoms with Gasteiger partial charge < -0.3 is 5.32 Å². The molecule has 2 rings (SSSR count). The van der Waals surface area contributed by atoms with Crippen LogP contribution in [0.1, 0.15) is 25.7 Å². The summed E-state index contributed by atoms with van der Waals surface area (Å²) in [5.41, 5.74) is 0.766. The average molecular weight is 267 g/mol. The van der Waals surface area contributed by atoms with Crippen molar-refractivity contribution in [3.63, 3.8) is 0 Å². The van der Waals surface area contributed by atoms with Crippen LogP contribution >= 0.6 is 11.6 Å². The second-order valence-corrected chi connectivity index (χ2v) is 5.19. The van der Waals surface area contributed by atoms with Gasteiger partial charge in [-0.15, -0.1) is 0 Å². The number of carbonyl (C=O) groups excluding carboxylic acids is 1. The Morgan fingerprint density at radius 1 is 1.22 bits per heavy atom. The zero-order valence-corrected chi connectivity index (χ0v) is 11.2. The summed E-state index contributed by atoms with van der Waals surface area (Å²) in [6.45, 7) is 2.54. The third kappa shape index (κ3) is 4.31. The Bertz CT molecular complexity index is 401. The van der Waals surface area contributed by atoms with Gasteiger partial charge >= 0.3 is 0 Å². The highest BCUT2D eigenvalue weighted by molar-refractivity contribution is 6.30. The van der Waals surface area contributed by atoms with Crippen molar-refractivity contribution in [2.75, 3.05) is 25.0 Å². The zero-order valence-electron chi connectivity index (χ0n) is 10.5. The van der Waals surface area contributed by atoms with Gasteiger partial charge in [0.15, 0.2) is 0 Å². The molecule has 1 aliphatic rings. The van der Waals surface area contributed by atoms with Crippen LogP contribution < -0.4 is 5.32 Å². The van der Waals surface area contributed by atoms with E-state index in [-0.39, 0.29) is 5.91 Å². The van der Waals surface area contributed by atoms with Crippen molar-refractivity contribution in [2.45, 2.75) is 25.7 Å². The quantitative estimate of drug-likeness (QED) is 0.912. The third-order valence-electron chi connectivity index (χ3n) is 3.17. The lowest BCUT2D eigenvalue weighted by Crippen LogP contribution is -2.33. The van der Waals surface area contributed by atoms with Gasteiger partial charge in [-0.3, -0.25) is 9.69 Å². The van der Waals surface area contributed by atoms with Crippen LogP contribution in [-0.4, -0.2) is 30.4 Å². The first-order chi connectivity index (χ1) is 8.74. The molecule has 1 saturated heterocycles. The molecule has 3 nitrogen and oxygen atoms in total. The topological polar surface area (TPSA) is 32.3 Å². The first kappa shape index (κ1) is 13.4. The Kier molecular flexibility index (Phi) is 5.02. The van der Waals surface area contributed by atoms with Crippen LogP contribution in [0.25, 0.3) is 0 Å². The number of rotatable bonds is 3. The van der Waals surface area contributed by atoms with Crippen LogP contribution in [0.15, 0.2) is 24.3 Å². The van der Waals surface area contributed by atoms with E-state index in [1.807, 2.05) is 12.1 Å². The molecule has 4 heteroatoms. The van der Waals surface area contributed by atoms with Crippen LogP contribution in [0, 0.1) is 0 Å². The fraction of sp³-hybridized carbons (Fsp3) is 0.500. The lowest BCUT2D eigenvalue weighted by molar-refractivity contribution is -0.117. The molecule has 0 unspecified atom stereocenters. The molecule has 18 heavy (non-hydrogen) atoms. The van der Waals surface area contributed by atoms with E-state index in [2.05, 4.69) is 10.2 Å². The lowest BCUT2D eigenvalue weighted by atomic mass is 10.2. The normalized spacial score (nSPS) is 17.2. The summed E-state index contributed by atoms with van der Waals surface area (Å²) in [5.74, 6) is 0.0409. The molecule has 1 fully saturated rings. The second-order valence-electron chi connectivity index (χ2n) is 4.75. The van der Waals surface area contributed by atoms with E-state index < -0.39 is 0 Å². The van der Waals surface area contributed by atoms with Crippen molar-refractivity contribution in [1.29, 1.82) is 0 Å². The summed E-state index contributed by atoms with van der Waals surface area (Å²) >= 11 is 5.88. The van der Waals surface area contributed by atoms with Gasteiger partial charge in [-0.25, -0.2) is 0 Å². The molecular weight excluding hydrogens is 248 g/mol. The number of nitrogens with zero attached hydrogens (tertiary/aromatic N) is 1.